The number of H-pyrrole nitrogens is 1. The SMILES string of the molecule is COc1cccc(CSc2nnc(C(N)Cc3c[nH]c4ccccc34)n2CC(C)C)c1. The Morgan fingerprint density at radius 2 is 1.97 bits per heavy atom. The number of ether oxygens (including phenoxy) is 1. The number of aromatic amines is 1. The minimum Gasteiger partial charge on any atom is -0.497 e. The lowest BCUT2D eigenvalue weighted by Gasteiger charge is -2.16. The van der Waals surface area contributed by atoms with Crippen LogP contribution in [0.2, 0.25) is 0 Å². The predicted molar refractivity (Wildman–Crippen MR) is 126 cm³/mol. The van der Waals surface area contributed by atoms with Crippen LogP contribution in [0.1, 0.15) is 36.8 Å². The van der Waals surface area contributed by atoms with Crippen molar-refractivity contribution in [3.8, 4) is 5.75 Å². The Morgan fingerprint density at radius 3 is 2.77 bits per heavy atom. The van der Waals surface area contributed by atoms with Gasteiger partial charge in [0.05, 0.1) is 13.2 Å². The molecule has 4 rings (SSSR count). The van der Waals surface area contributed by atoms with E-state index in [2.05, 4.69) is 63.9 Å². The van der Waals surface area contributed by atoms with Crippen molar-refractivity contribution in [2.24, 2.45) is 11.7 Å². The number of fused-ring (bicyclic) bond motifs is 1. The van der Waals surface area contributed by atoms with Gasteiger partial charge in [-0.1, -0.05) is 55.9 Å². The summed E-state index contributed by atoms with van der Waals surface area (Å²) in [6.45, 7) is 5.24. The maximum absolute atomic E-state index is 6.65. The van der Waals surface area contributed by atoms with Gasteiger partial charge in [-0.05, 0) is 41.7 Å². The molecule has 0 aliphatic heterocycles. The van der Waals surface area contributed by atoms with E-state index in [1.54, 1.807) is 18.9 Å². The van der Waals surface area contributed by atoms with E-state index in [1.165, 1.54) is 16.5 Å². The number of hydrogen-bond acceptors (Lipinski definition) is 5. The minimum absolute atomic E-state index is 0.225. The predicted octanol–water partition coefficient (Wildman–Crippen LogP) is 4.96. The first-order valence-corrected chi connectivity index (χ1v) is 11.5. The molecular weight excluding hydrogens is 406 g/mol. The van der Waals surface area contributed by atoms with E-state index in [1.807, 2.05) is 24.4 Å². The van der Waals surface area contributed by atoms with E-state index in [9.17, 15) is 0 Å². The molecule has 1 atom stereocenters. The standard InChI is InChI=1S/C24H29N5OS/c1-16(2)14-29-23(21(25)12-18-13-26-22-10-5-4-9-20(18)22)27-28-24(29)31-15-17-7-6-8-19(11-17)30-3/h4-11,13,16,21,26H,12,14-15,25H2,1-3H3. The Labute approximate surface area is 187 Å². The molecule has 0 radical (unpaired) electrons. The second-order valence-corrected chi connectivity index (χ2v) is 9.10. The highest BCUT2D eigenvalue weighted by Gasteiger charge is 2.21. The Morgan fingerprint density at radius 1 is 1.13 bits per heavy atom. The number of rotatable bonds is 9. The van der Waals surface area contributed by atoms with Gasteiger partial charge in [0.15, 0.2) is 11.0 Å². The lowest BCUT2D eigenvalue weighted by atomic mass is 10.0. The summed E-state index contributed by atoms with van der Waals surface area (Å²) in [5, 5.41) is 11.1. The fourth-order valence-corrected chi connectivity index (χ4v) is 4.65. The van der Waals surface area contributed by atoms with Crippen LogP contribution in [-0.2, 0) is 18.7 Å². The number of aromatic nitrogens is 4. The fraction of sp³-hybridized carbons (Fsp3) is 0.333. The summed E-state index contributed by atoms with van der Waals surface area (Å²) in [5.41, 5.74) is 10.2. The minimum atomic E-state index is -0.225. The van der Waals surface area contributed by atoms with E-state index in [0.29, 0.717) is 12.3 Å². The number of nitrogens with one attached hydrogen (secondary N) is 1. The number of hydrogen-bond donors (Lipinski definition) is 2. The van der Waals surface area contributed by atoms with Gasteiger partial charge in [-0.25, -0.2) is 0 Å². The first-order valence-electron chi connectivity index (χ1n) is 10.5. The summed E-state index contributed by atoms with van der Waals surface area (Å²) in [6, 6.07) is 16.2. The first kappa shape index (κ1) is 21.5. The third-order valence-electron chi connectivity index (χ3n) is 5.24. The Balaban J connectivity index is 1.55. The zero-order chi connectivity index (χ0) is 21.8. The molecule has 0 fully saturated rings. The summed E-state index contributed by atoms with van der Waals surface area (Å²) in [4.78, 5) is 3.33. The largest absolute Gasteiger partial charge is 0.497 e. The Hall–Kier alpha value is -2.77. The molecular formula is C24H29N5OS. The van der Waals surface area contributed by atoms with Crippen molar-refractivity contribution in [2.75, 3.05) is 7.11 Å². The molecule has 2 aromatic heterocycles. The number of thioether (sulfide) groups is 1. The van der Waals surface area contributed by atoms with E-state index in [-0.39, 0.29) is 6.04 Å². The maximum Gasteiger partial charge on any atom is 0.191 e. The zero-order valence-electron chi connectivity index (χ0n) is 18.2. The highest BCUT2D eigenvalue weighted by molar-refractivity contribution is 7.98. The fourth-order valence-electron chi connectivity index (χ4n) is 3.76. The van der Waals surface area contributed by atoms with E-state index in [4.69, 9.17) is 10.5 Å². The van der Waals surface area contributed by atoms with E-state index >= 15 is 0 Å². The molecule has 162 valence electrons. The number of methoxy groups -OCH3 is 1. The van der Waals surface area contributed by atoms with Gasteiger partial charge in [-0.15, -0.1) is 10.2 Å². The smallest absolute Gasteiger partial charge is 0.191 e. The maximum atomic E-state index is 6.65. The molecule has 0 aliphatic rings. The molecule has 7 heteroatoms. The van der Waals surface area contributed by atoms with Gasteiger partial charge in [0.1, 0.15) is 5.75 Å². The van der Waals surface area contributed by atoms with Gasteiger partial charge in [0.25, 0.3) is 0 Å². The summed E-state index contributed by atoms with van der Waals surface area (Å²) in [5.74, 6) is 2.96. The van der Waals surface area contributed by atoms with Crippen LogP contribution in [0.25, 0.3) is 10.9 Å². The molecule has 31 heavy (non-hydrogen) atoms. The van der Waals surface area contributed by atoms with E-state index < -0.39 is 0 Å². The van der Waals surface area contributed by atoms with Gasteiger partial charge in [-0.2, -0.15) is 0 Å². The lowest BCUT2D eigenvalue weighted by molar-refractivity contribution is 0.414. The van der Waals surface area contributed by atoms with Crippen LogP contribution in [0.4, 0.5) is 0 Å². The quantitative estimate of drug-likeness (QED) is 0.363. The second-order valence-electron chi connectivity index (χ2n) is 8.16. The normalized spacial score (nSPS) is 12.5. The molecule has 6 nitrogen and oxygen atoms in total. The average Bonchev–Trinajstić information content (AvgIpc) is 3.36. The van der Waals surface area contributed by atoms with Crippen LogP contribution in [0.5, 0.6) is 5.75 Å². The molecule has 0 aliphatic carbocycles. The third-order valence-corrected chi connectivity index (χ3v) is 6.28. The van der Waals surface area contributed by atoms with Crippen molar-refractivity contribution in [1.82, 2.24) is 19.7 Å². The van der Waals surface area contributed by atoms with Crippen molar-refractivity contribution in [2.45, 2.75) is 43.8 Å². The van der Waals surface area contributed by atoms with Crippen LogP contribution in [-0.4, -0.2) is 26.9 Å². The summed E-state index contributed by atoms with van der Waals surface area (Å²) in [6.07, 6.45) is 2.76. The molecule has 0 saturated carbocycles. The van der Waals surface area contributed by atoms with Crippen LogP contribution < -0.4 is 10.5 Å². The Kier molecular flexibility index (Phi) is 6.63. The molecule has 0 bridgehead atoms. The van der Waals surface area contributed by atoms with E-state index in [0.717, 1.165) is 34.5 Å². The zero-order valence-corrected chi connectivity index (χ0v) is 19.0. The number of nitrogens with zero attached hydrogens (tertiary/aromatic N) is 3. The first-order chi connectivity index (χ1) is 15.0. The Bertz CT molecular complexity index is 1150. The van der Waals surface area contributed by atoms with Crippen molar-refractivity contribution >= 4 is 22.7 Å². The highest BCUT2D eigenvalue weighted by atomic mass is 32.2. The third kappa shape index (κ3) is 4.94. The highest BCUT2D eigenvalue weighted by Crippen LogP contribution is 2.28. The van der Waals surface area contributed by atoms with Crippen molar-refractivity contribution in [1.29, 1.82) is 0 Å². The summed E-state index contributed by atoms with van der Waals surface area (Å²) in [7, 11) is 1.69. The number of benzene rings is 2. The monoisotopic (exact) mass is 435 g/mol. The lowest BCUT2D eigenvalue weighted by Crippen LogP contribution is -2.20. The van der Waals surface area contributed by atoms with Gasteiger partial charge >= 0.3 is 0 Å². The molecule has 2 aromatic carbocycles. The topological polar surface area (TPSA) is 81.8 Å². The average molecular weight is 436 g/mol. The van der Waals surface area contributed by atoms with Crippen molar-refractivity contribution in [3.05, 3.63) is 71.7 Å². The van der Waals surface area contributed by atoms with Crippen LogP contribution >= 0.6 is 11.8 Å². The molecule has 0 saturated heterocycles. The molecule has 2 heterocycles. The number of para-hydroxylation sites is 1. The molecule has 0 amide bonds. The molecule has 0 spiro atoms. The van der Waals surface area contributed by atoms with Gasteiger partial charge in [-0.3, -0.25) is 0 Å². The summed E-state index contributed by atoms with van der Waals surface area (Å²) < 4.78 is 7.53. The van der Waals surface area contributed by atoms with Crippen molar-refractivity contribution in [3.63, 3.8) is 0 Å². The van der Waals surface area contributed by atoms with Gasteiger partial charge in [0.2, 0.25) is 0 Å². The number of nitrogens with two attached hydrogens (primary N) is 1. The molecule has 3 N–H and O–H groups in total. The van der Waals surface area contributed by atoms with Crippen LogP contribution in [0.3, 0.4) is 0 Å². The molecule has 1 unspecified atom stereocenters. The summed E-state index contributed by atoms with van der Waals surface area (Å²) >= 11 is 1.68. The van der Waals surface area contributed by atoms with Gasteiger partial charge in [0, 0.05) is 29.4 Å². The second kappa shape index (κ2) is 9.58. The van der Waals surface area contributed by atoms with Crippen molar-refractivity contribution < 1.29 is 4.74 Å². The van der Waals surface area contributed by atoms with Crippen LogP contribution in [0.15, 0.2) is 59.9 Å². The molecule has 4 aromatic rings. The van der Waals surface area contributed by atoms with Gasteiger partial charge < -0.3 is 20.0 Å². The van der Waals surface area contributed by atoms with Crippen LogP contribution in [0, 0.1) is 5.92 Å².